The molecular weight excluding hydrogens is 190 g/mol. The summed E-state index contributed by atoms with van der Waals surface area (Å²) in [6.07, 6.45) is 2.91. The molecule has 0 aromatic heterocycles. The van der Waals surface area contributed by atoms with E-state index in [2.05, 4.69) is 19.2 Å². The third kappa shape index (κ3) is 8.43. The number of aliphatic carboxylic acids is 1. The zero-order valence-corrected chi connectivity index (χ0v) is 10.4. The molecule has 3 heteroatoms. The molecular formula is C12H25NO2. The highest BCUT2D eigenvalue weighted by Crippen LogP contribution is 2.06. The van der Waals surface area contributed by atoms with Crippen LogP contribution in [0.25, 0.3) is 0 Å². The number of carboxylic acids is 1. The molecule has 0 radical (unpaired) electrons. The third-order valence-electron chi connectivity index (χ3n) is 2.35. The van der Waals surface area contributed by atoms with Crippen molar-refractivity contribution < 1.29 is 9.90 Å². The van der Waals surface area contributed by atoms with Crippen LogP contribution in [0.4, 0.5) is 0 Å². The summed E-state index contributed by atoms with van der Waals surface area (Å²) in [6, 6.07) is -0.378. The molecule has 15 heavy (non-hydrogen) atoms. The fraction of sp³-hybridized carbons (Fsp3) is 0.917. The molecule has 0 fully saturated rings. The fourth-order valence-electron chi connectivity index (χ4n) is 1.53. The Balaban J connectivity index is 3.72. The topological polar surface area (TPSA) is 49.3 Å². The average Bonchev–Trinajstić information content (AvgIpc) is 2.08. The minimum Gasteiger partial charge on any atom is -0.480 e. The van der Waals surface area contributed by atoms with Crippen molar-refractivity contribution in [1.29, 1.82) is 0 Å². The van der Waals surface area contributed by atoms with Gasteiger partial charge in [-0.05, 0) is 37.6 Å². The van der Waals surface area contributed by atoms with E-state index in [1.165, 1.54) is 0 Å². The number of carbonyl (C=O) groups is 1. The molecule has 90 valence electrons. The van der Waals surface area contributed by atoms with Crippen LogP contribution in [0.3, 0.4) is 0 Å². The van der Waals surface area contributed by atoms with Gasteiger partial charge in [-0.15, -0.1) is 0 Å². The lowest BCUT2D eigenvalue weighted by Gasteiger charge is -2.16. The first-order valence-corrected chi connectivity index (χ1v) is 5.89. The molecule has 3 nitrogen and oxygen atoms in total. The maximum Gasteiger partial charge on any atom is 0.320 e. The van der Waals surface area contributed by atoms with Crippen molar-refractivity contribution in [3.05, 3.63) is 0 Å². The molecule has 0 aliphatic carbocycles. The van der Waals surface area contributed by atoms with Crippen LogP contribution >= 0.6 is 0 Å². The Hall–Kier alpha value is -0.570. The summed E-state index contributed by atoms with van der Waals surface area (Å²) < 4.78 is 0. The van der Waals surface area contributed by atoms with E-state index in [0.29, 0.717) is 18.3 Å². The molecule has 1 atom stereocenters. The minimum absolute atomic E-state index is 0.378. The maximum absolute atomic E-state index is 10.9. The SMILES string of the molecule is CC(C)CCCN[C@@H](CC(C)C)C(=O)O. The highest BCUT2D eigenvalue weighted by Gasteiger charge is 2.17. The van der Waals surface area contributed by atoms with Crippen molar-refractivity contribution in [3.8, 4) is 0 Å². The molecule has 0 unspecified atom stereocenters. The molecule has 0 amide bonds. The molecule has 0 heterocycles. The molecule has 0 bridgehead atoms. The normalized spacial score (nSPS) is 13.5. The first kappa shape index (κ1) is 14.4. The molecule has 0 saturated heterocycles. The molecule has 0 aromatic rings. The predicted molar refractivity (Wildman–Crippen MR) is 63.0 cm³/mol. The highest BCUT2D eigenvalue weighted by atomic mass is 16.4. The van der Waals surface area contributed by atoms with Crippen LogP contribution in [0.2, 0.25) is 0 Å². The quantitative estimate of drug-likeness (QED) is 0.612. The molecule has 0 aliphatic rings. The number of carboxylic acid groups (broad SMARTS) is 1. The molecule has 0 spiro atoms. The van der Waals surface area contributed by atoms with Gasteiger partial charge in [0.1, 0.15) is 6.04 Å². The van der Waals surface area contributed by atoms with E-state index in [1.54, 1.807) is 0 Å². The van der Waals surface area contributed by atoms with Crippen molar-refractivity contribution in [2.24, 2.45) is 11.8 Å². The molecule has 0 rings (SSSR count). The van der Waals surface area contributed by atoms with Gasteiger partial charge < -0.3 is 10.4 Å². The Bertz CT molecular complexity index is 178. The number of hydrogen-bond acceptors (Lipinski definition) is 2. The van der Waals surface area contributed by atoms with Crippen molar-refractivity contribution in [2.75, 3.05) is 6.54 Å². The Morgan fingerprint density at radius 1 is 1.20 bits per heavy atom. The lowest BCUT2D eigenvalue weighted by Crippen LogP contribution is -2.38. The maximum atomic E-state index is 10.9. The summed E-state index contributed by atoms with van der Waals surface area (Å²) in [4.78, 5) is 10.9. The number of nitrogens with one attached hydrogen (secondary N) is 1. The fourth-order valence-corrected chi connectivity index (χ4v) is 1.53. The van der Waals surface area contributed by atoms with Crippen LogP contribution < -0.4 is 5.32 Å². The first-order valence-electron chi connectivity index (χ1n) is 5.89. The summed E-state index contributed by atoms with van der Waals surface area (Å²) in [5.74, 6) is 0.386. The van der Waals surface area contributed by atoms with Crippen LogP contribution in [0, 0.1) is 11.8 Å². The standard InChI is InChI=1S/C12H25NO2/c1-9(2)6-5-7-13-11(12(14)15)8-10(3)4/h9-11,13H,5-8H2,1-4H3,(H,14,15)/t11-/m0/s1. The van der Waals surface area contributed by atoms with Crippen LogP contribution in [0.15, 0.2) is 0 Å². The third-order valence-corrected chi connectivity index (χ3v) is 2.35. The summed E-state index contributed by atoms with van der Waals surface area (Å²) in [7, 11) is 0. The molecule has 0 saturated carbocycles. The lowest BCUT2D eigenvalue weighted by atomic mass is 10.0. The van der Waals surface area contributed by atoms with Gasteiger partial charge in [0.15, 0.2) is 0 Å². The summed E-state index contributed by atoms with van der Waals surface area (Å²) in [5, 5.41) is 12.1. The van der Waals surface area contributed by atoms with Crippen molar-refractivity contribution in [1.82, 2.24) is 5.32 Å². The predicted octanol–water partition coefficient (Wildman–Crippen LogP) is 2.51. The summed E-state index contributed by atoms with van der Waals surface area (Å²) in [6.45, 7) is 9.27. The van der Waals surface area contributed by atoms with Gasteiger partial charge in [-0.3, -0.25) is 4.79 Å². The largest absolute Gasteiger partial charge is 0.480 e. The minimum atomic E-state index is -0.728. The zero-order valence-electron chi connectivity index (χ0n) is 10.4. The first-order chi connectivity index (χ1) is 6.93. The van der Waals surface area contributed by atoms with Gasteiger partial charge in [-0.2, -0.15) is 0 Å². The monoisotopic (exact) mass is 215 g/mol. The number of hydrogen-bond donors (Lipinski definition) is 2. The Labute approximate surface area is 93.3 Å². The van der Waals surface area contributed by atoms with Crippen molar-refractivity contribution in [3.63, 3.8) is 0 Å². The second-order valence-corrected chi connectivity index (χ2v) is 5.01. The highest BCUT2D eigenvalue weighted by molar-refractivity contribution is 5.73. The van der Waals surface area contributed by atoms with Gasteiger partial charge in [0.25, 0.3) is 0 Å². The summed E-state index contributed by atoms with van der Waals surface area (Å²) >= 11 is 0. The van der Waals surface area contributed by atoms with E-state index in [4.69, 9.17) is 5.11 Å². The van der Waals surface area contributed by atoms with Crippen molar-refractivity contribution >= 4 is 5.97 Å². The van der Waals surface area contributed by atoms with E-state index in [-0.39, 0.29) is 6.04 Å². The molecule has 0 aliphatic heterocycles. The lowest BCUT2D eigenvalue weighted by molar-refractivity contribution is -0.139. The second-order valence-electron chi connectivity index (χ2n) is 5.01. The van der Waals surface area contributed by atoms with Gasteiger partial charge in [-0.25, -0.2) is 0 Å². The van der Waals surface area contributed by atoms with E-state index in [0.717, 1.165) is 19.4 Å². The average molecular weight is 215 g/mol. The van der Waals surface area contributed by atoms with Gasteiger partial charge in [0, 0.05) is 0 Å². The van der Waals surface area contributed by atoms with Crippen molar-refractivity contribution in [2.45, 2.75) is 53.0 Å². The molecule has 2 N–H and O–H groups in total. The van der Waals surface area contributed by atoms with Crippen LogP contribution in [-0.2, 0) is 4.79 Å². The van der Waals surface area contributed by atoms with Gasteiger partial charge >= 0.3 is 5.97 Å². The van der Waals surface area contributed by atoms with Gasteiger partial charge in [0.2, 0.25) is 0 Å². The van der Waals surface area contributed by atoms with E-state index >= 15 is 0 Å². The Kier molecular flexibility index (Phi) is 7.39. The summed E-state index contributed by atoms with van der Waals surface area (Å²) in [5.41, 5.74) is 0. The van der Waals surface area contributed by atoms with Crippen LogP contribution in [0.5, 0.6) is 0 Å². The van der Waals surface area contributed by atoms with Gasteiger partial charge in [0.05, 0.1) is 0 Å². The number of rotatable bonds is 8. The van der Waals surface area contributed by atoms with E-state index in [1.807, 2.05) is 13.8 Å². The second kappa shape index (κ2) is 7.69. The van der Waals surface area contributed by atoms with E-state index in [9.17, 15) is 4.79 Å². The van der Waals surface area contributed by atoms with Crippen LogP contribution in [0.1, 0.15) is 47.0 Å². The zero-order chi connectivity index (χ0) is 11.8. The molecule has 0 aromatic carbocycles. The van der Waals surface area contributed by atoms with E-state index < -0.39 is 5.97 Å². The Morgan fingerprint density at radius 3 is 2.20 bits per heavy atom. The Morgan fingerprint density at radius 2 is 1.80 bits per heavy atom. The van der Waals surface area contributed by atoms with Gasteiger partial charge in [-0.1, -0.05) is 27.7 Å². The smallest absolute Gasteiger partial charge is 0.320 e. The van der Waals surface area contributed by atoms with Crippen LogP contribution in [-0.4, -0.2) is 23.7 Å².